The molecule has 0 aromatic heterocycles. The van der Waals surface area contributed by atoms with Crippen molar-refractivity contribution in [2.75, 3.05) is 6.54 Å². The van der Waals surface area contributed by atoms with Crippen LogP contribution in [-0.2, 0) is 0 Å². The number of benzene rings is 1. The number of rotatable bonds is 7. The van der Waals surface area contributed by atoms with Gasteiger partial charge in [0.15, 0.2) is 0 Å². The third-order valence-corrected chi connectivity index (χ3v) is 3.08. The van der Waals surface area contributed by atoms with E-state index >= 15 is 0 Å². The summed E-state index contributed by atoms with van der Waals surface area (Å²) in [5.74, 6) is 0.849. The van der Waals surface area contributed by atoms with Crippen LogP contribution in [0, 0.1) is 0 Å². The van der Waals surface area contributed by atoms with Gasteiger partial charge in [-0.15, -0.1) is 0 Å². The van der Waals surface area contributed by atoms with Crippen LogP contribution in [0.1, 0.15) is 45.7 Å². The molecule has 0 radical (unpaired) electrons. The Balaban J connectivity index is 2.78. The minimum atomic E-state index is -0.475. The van der Waals surface area contributed by atoms with E-state index in [1.165, 1.54) is 0 Å². The molecular weight excluding hydrogens is 226 g/mol. The van der Waals surface area contributed by atoms with Crippen LogP contribution < -0.4 is 10.1 Å². The third-order valence-electron chi connectivity index (χ3n) is 3.08. The van der Waals surface area contributed by atoms with Crippen molar-refractivity contribution in [1.82, 2.24) is 5.32 Å². The molecular formula is C15H25NO2. The van der Waals surface area contributed by atoms with Gasteiger partial charge in [0.25, 0.3) is 0 Å². The predicted octanol–water partition coefficient (Wildman–Crippen LogP) is 2.90. The number of aliphatic hydroxyl groups excluding tert-OH is 1. The van der Waals surface area contributed by atoms with Gasteiger partial charge in [0, 0.05) is 11.6 Å². The fourth-order valence-corrected chi connectivity index (χ4v) is 1.72. The Morgan fingerprint density at radius 2 is 1.89 bits per heavy atom. The zero-order valence-corrected chi connectivity index (χ0v) is 11.8. The maximum absolute atomic E-state index is 9.51. The van der Waals surface area contributed by atoms with Gasteiger partial charge in [-0.2, -0.15) is 0 Å². The summed E-state index contributed by atoms with van der Waals surface area (Å²) in [4.78, 5) is 0. The summed E-state index contributed by atoms with van der Waals surface area (Å²) >= 11 is 0. The fraction of sp³-hybridized carbons (Fsp3) is 0.600. The van der Waals surface area contributed by atoms with Crippen LogP contribution in [-0.4, -0.2) is 23.9 Å². The van der Waals surface area contributed by atoms with Crippen molar-refractivity contribution in [2.45, 2.75) is 52.4 Å². The quantitative estimate of drug-likeness (QED) is 0.783. The Kier molecular flexibility index (Phi) is 6.16. The highest BCUT2D eigenvalue weighted by Crippen LogP contribution is 2.26. The van der Waals surface area contributed by atoms with Gasteiger partial charge in [0.1, 0.15) is 11.9 Å². The Labute approximate surface area is 110 Å². The molecule has 1 rings (SSSR count). The Morgan fingerprint density at radius 1 is 1.22 bits per heavy atom. The number of hydrogen-bond donors (Lipinski definition) is 2. The topological polar surface area (TPSA) is 41.5 Å². The van der Waals surface area contributed by atoms with E-state index in [1.54, 1.807) is 6.92 Å². The number of para-hydroxylation sites is 1. The Morgan fingerprint density at radius 3 is 2.50 bits per heavy atom. The van der Waals surface area contributed by atoms with E-state index in [0.29, 0.717) is 0 Å². The van der Waals surface area contributed by atoms with Gasteiger partial charge < -0.3 is 15.2 Å². The average molecular weight is 251 g/mol. The largest absolute Gasteiger partial charge is 0.488 e. The molecule has 3 heteroatoms. The van der Waals surface area contributed by atoms with E-state index in [-0.39, 0.29) is 12.1 Å². The van der Waals surface area contributed by atoms with E-state index in [1.807, 2.05) is 25.1 Å². The minimum absolute atomic E-state index is 0.204. The minimum Gasteiger partial charge on any atom is -0.488 e. The Hall–Kier alpha value is -1.06. The molecule has 3 nitrogen and oxygen atoms in total. The van der Waals surface area contributed by atoms with Crippen molar-refractivity contribution >= 4 is 0 Å². The van der Waals surface area contributed by atoms with Crippen LogP contribution in [0.2, 0.25) is 0 Å². The lowest BCUT2D eigenvalue weighted by atomic mass is 10.1. The first-order chi connectivity index (χ1) is 8.56. The first-order valence-corrected chi connectivity index (χ1v) is 6.73. The molecule has 3 atom stereocenters. The highest BCUT2D eigenvalue weighted by Gasteiger charge is 2.15. The van der Waals surface area contributed by atoms with Crippen molar-refractivity contribution in [3.8, 4) is 5.75 Å². The second-order valence-corrected chi connectivity index (χ2v) is 4.78. The second-order valence-electron chi connectivity index (χ2n) is 4.78. The van der Waals surface area contributed by atoms with Gasteiger partial charge in [0.2, 0.25) is 0 Å². The zero-order chi connectivity index (χ0) is 13.5. The summed E-state index contributed by atoms with van der Waals surface area (Å²) in [7, 11) is 0. The van der Waals surface area contributed by atoms with Crippen LogP contribution in [0.3, 0.4) is 0 Å². The number of nitrogens with one attached hydrogen (secondary N) is 1. The van der Waals surface area contributed by atoms with Crippen molar-refractivity contribution in [3.63, 3.8) is 0 Å². The highest BCUT2D eigenvalue weighted by molar-refractivity contribution is 5.35. The smallest absolute Gasteiger partial charge is 0.124 e. The summed E-state index contributed by atoms with van der Waals surface area (Å²) in [5.41, 5.74) is 1.14. The van der Waals surface area contributed by atoms with Crippen LogP contribution >= 0.6 is 0 Å². The number of hydrogen-bond acceptors (Lipinski definition) is 3. The van der Waals surface area contributed by atoms with Gasteiger partial charge in [-0.25, -0.2) is 0 Å². The maximum Gasteiger partial charge on any atom is 0.124 e. The van der Waals surface area contributed by atoms with Crippen molar-refractivity contribution in [3.05, 3.63) is 29.8 Å². The monoisotopic (exact) mass is 251 g/mol. The maximum atomic E-state index is 9.51. The molecule has 0 fully saturated rings. The van der Waals surface area contributed by atoms with Gasteiger partial charge in [-0.3, -0.25) is 0 Å². The lowest BCUT2D eigenvalue weighted by molar-refractivity contribution is 0.0595. The molecule has 0 spiro atoms. The molecule has 0 aliphatic carbocycles. The zero-order valence-electron chi connectivity index (χ0n) is 11.8. The third kappa shape index (κ3) is 4.31. The molecule has 1 aromatic rings. The van der Waals surface area contributed by atoms with E-state index in [2.05, 4.69) is 25.2 Å². The second kappa shape index (κ2) is 7.39. The molecule has 0 bridgehead atoms. The molecule has 0 aliphatic heterocycles. The van der Waals surface area contributed by atoms with E-state index in [4.69, 9.17) is 4.74 Å². The molecule has 3 unspecified atom stereocenters. The standard InChI is InChI=1S/C15H25NO2/c1-5-10-16-11(2)14-8-6-7-9-15(14)18-13(4)12(3)17/h6-9,11-13,16-17H,5,10H2,1-4H3. The predicted molar refractivity (Wildman–Crippen MR) is 74.9 cm³/mol. The van der Waals surface area contributed by atoms with Gasteiger partial charge in [-0.1, -0.05) is 25.1 Å². The SMILES string of the molecule is CCCNC(C)c1ccccc1OC(C)C(C)O. The number of ether oxygens (including phenoxy) is 1. The summed E-state index contributed by atoms with van der Waals surface area (Å²) in [6.07, 6.45) is 0.429. The lowest BCUT2D eigenvalue weighted by Crippen LogP contribution is -2.27. The highest BCUT2D eigenvalue weighted by atomic mass is 16.5. The van der Waals surface area contributed by atoms with Crippen LogP contribution in [0.25, 0.3) is 0 Å². The molecule has 18 heavy (non-hydrogen) atoms. The van der Waals surface area contributed by atoms with E-state index in [0.717, 1.165) is 24.3 Å². The first-order valence-electron chi connectivity index (χ1n) is 6.73. The van der Waals surface area contributed by atoms with Gasteiger partial charge in [-0.05, 0) is 39.8 Å². The van der Waals surface area contributed by atoms with Gasteiger partial charge in [0.05, 0.1) is 6.10 Å². The first kappa shape index (κ1) is 15.0. The molecule has 0 saturated heterocycles. The summed E-state index contributed by atoms with van der Waals surface area (Å²) in [5, 5.41) is 13.0. The molecule has 0 aliphatic rings. The molecule has 1 aromatic carbocycles. The summed E-state index contributed by atoms with van der Waals surface area (Å²) in [6.45, 7) is 8.89. The average Bonchev–Trinajstić information content (AvgIpc) is 2.36. The molecule has 0 saturated carbocycles. The van der Waals surface area contributed by atoms with Crippen LogP contribution in [0.4, 0.5) is 0 Å². The number of aliphatic hydroxyl groups is 1. The normalized spacial score (nSPS) is 16.1. The van der Waals surface area contributed by atoms with E-state index in [9.17, 15) is 5.11 Å². The van der Waals surface area contributed by atoms with Crippen molar-refractivity contribution in [1.29, 1.82) is 0 Å². The summed E-state index contributed by atoms with van der Waals surface area (Å²) < 4.78 is 5.82. The Bertz CT molecular complexity index is 352. The van der Waals surface area contributed by atoms with Gasteiger partial charge >= 0.3 is 0 Å². The lowest BCUT2D eigenvalue weighted by Gasteiger charge is -2.22. The van der Waals surface area contributed by atoms with Crippen LogP contribution in [0.15, 0.2) is 24.3 Å². The molecule has 2 N–H and O–H groups in total. The van der Waals surface area contributed by atoms with E-state index < -0.39 is 6.10 Å². The van der Waals surface area contributed by atoms with Crippen LogP contribution in [0.5, 0.6) is 5.75 Å². The summed E-state index contributed by atoms with van der Waals surface area (Å²) in [6, 6.07) is 8.25. The molecule has 0 amide bonds. The molecule has 0 heterocycles. The van der Waals surface area contributed by atoms with Crippen molar-refractivity contribution < 1.29 is 9.84 Å². The van der Waals surface area contributed by atoms with Crippen molar-refractivity contribution in [2.24, 2.45) is 0 Å². The fourth-order valence-electron chi connectivity index (χ4n) is 1.72. The molecule has 102 valence electrons.